The van der Waals surface area contributed by atoms with Crippen LogP contribution in [-0.2, 0) is 19.5 Å². The Balaban J connectivity index is 1.17. The van der Waals surface area contributed by atoms with Gasteiger partial charge in [-0.2, -0.15) is 0 Å². The molecule has 0 saturated heterocycles. The summed E-state index contributed by atoms with van der Waals surface area (Å²) in [4.78, 5) is 31.3. The summed E-state index contributed by atoms with van der Waals surface area (Å²) >= 11 is 0. The van der Waals surface area contributed by atoms with E-state index in [-0.39, 0.29) is 12.4 Å². The molecule has 0 aliphatic carbocycles. The van der Waals surface area contributed by atoms with E-state index in [1.165, 1.54) is 0 Å². The molecule has 0 fully saturated rings. The number of aromatic amines is 1. The zero-order valence-corrected chi connectivity index (χ0v) is 17.8. The summed E-state index contributed by atoms with van der Waals surface area (Å²) in [5.41, 5.74) is 5.36. The highest BCUT2D eigenvalue weighted by Gasteiger charge is 2.22. The van der Waals surface area contributed by atoms with Gasteiger partial charge in [-0.1, -0.05) is 6.07 Å². The van der Waals surface area contributed by atoms with Crippen molar-refractivity contribution >= 4 is 0 Å². The zero-order valence-electron chi connectivity index (χ0n) is 17.8. The predicted molar refractivity (Wildman–Crippen MR) is 122 cm³/mol. The van der Waals surface area contributed by atoms with Crippen molar-refractivity contribution < 1.29 is 9.47 Å². The molecular formula is C25H21N5O3. The molecule has 5 heterocycles. The Morgan fingerprint density at radius 1 is 1.00 bits per heavy atom. The van der Waals surface area contributed by atoms with E-state index >= 15 is 0 Å². The van der Waals surface area contributed by atoms with Crippen molar-refractivity contribution in [2.24, 2.45) is 0 Å². The lowest BCUT2D eigenvalue weighted by atomic mass is 10.1. The number of nitrogens with zero attached hydrogens (tertiary/aromatic N) is 4. The van der Waals surface area contributed by atoms with Crippen molar-refractivity contribution in [2.75, 3.05) is 13.3 Å². The van der Waals surface area contributed by atoms with E-state index in [2.05, 4.69) is 25.9 Å². The molecule has 1 aromatic carbocycles. The largest absolute Gasteiger partial charge is 0.454 e. The summed E-state index contributed by atoms with van der Waals surface area (Å²) in [5, 5.41) is 0. The number of fused-ring (bicyclic) bond motifs is 2. The molecule has 0 amide bonds. The number of benzene rings is 1. The number of nitrogens with one attached hydrogen (secondary N) is 1. The van der Waals surface area contributed by atoms with Crippen molar-refractivity contribution in [1.82, 2.24) is 24.8 Å². The fourth-order valence-corrected chi connectivity index (χ4v) is 4.27. The van der Waals surface area contributed by atoms with Gasteiger partial charge in [0.1, 0.15) is 5.82 Å². The van der Waals surface area contributed by atoms with Crippen LogP contribution in [0, 0.1) is 0 Å². The Kier molecular flexibility index (Phi) is 4.84. The van der Waals surface area contributed by atoms with Gasteiger partial charge in [-0.05, 0) is 42.0 Å². The molecule has 0 radical (unpaired) electrons. The Hall–Kier alpha value is -4.04. The van der Waals surface area contributed by atoms with Crippen LogP contribution in [0.3, 0.4) is 0 Å². The predicted octanol–water partition coefficient (Wildman–Crippen LogP) is 3.18. The quantitative estimate of drug-likeness (QED) is 0.522. The summed E-state index contributed by atoms with van der Waals surface area (Å²) in [6.45, 7) is 2.38. The molecule has 0 atom stereocenters. The van der Waals surface area contributed by atoms with Gasteiger partial charge in [0.25, 0.3) is 5.56 Å². The van der Waals surface area contributed by atoms with Crippen molar-refractivity contribution in [2.45, 2.75) is 19.5 Å². The molecule has 0 saturated carbocycles. The normalized spacial score (nSPS) is 14.8. The Morgan fingerprint density at radius 3 is 2.73 bits per heavy atom. The number of hydrogen-bond acceptors (Lipinski definition) is 7. The van der Waals surface area contributed by atoms with Crippen LogP contribution in [0.15, 0.2) is 65.8 Å². The first kappa shape index (κ1) is 19.6. The fourth-order valence-electron chi connectivity index (χ4n) is 4.27. The highest BCUT2D eigenvalue weighted by atomic mass is 16.7. The molecular weight excluding hydrogens is 418 g/mol. The van der Waals surface area contributed by atoms with E-state index in [0.717, 1.165) is 64.7 Å². The first-order valence-electron chi connectivity index (χ1n) is 10.8. The summed E-state index contributed by atoms with van der Waals surface area (Å²) in [5.74, 6) is 2.10. The van der Waals surface area contributed by atoms with Crippen LogP contribution in [0.5, 0.6) is 11.5 Å². The third-order valence-corrected chi connectivity index (χ3v) is 6.00. The van der Waals surface area contributed by atoms with Crippen LogP contribution in [-0.4, -0.2) is 38.2 Å². The smallest absolute Gasteiger partial charge is 0.255 e. The van der Waals surface area contributed by atoms with E-state index in [4.69, 9.17) is 14.5 Å². The van der Waals surface area contributed by atoms with Gasteiger partial charge < -0.3 is 14.5 Å². The van der Waals surface area contributed by atoms with Gasteiger partial charge in [0.05, 0.1) is 17.0 Å². The van der Waals surface area contributed by atoms with Crippen molar-refractivity contribution in [1.29, 1.82) is 0 Å². The second-order valence-corrected chi connectivity index (χ2v) is 8.16. The number of aromatic nitrogens is 4. The third kappa shape index (κ3) is 3.85. The molecule has 1 N–H and O–H groups in total. The lowest BCUT2D eigenvalue weighted by molar-refractivity contribution is 0.174. The molecule has 0 spiro atoms. The molecule has 8 heteroatoms. The molecule has 33 heavy (non-hydrogen) atoms. The minimum Gasteiger partial charge on any atom is -0.454 e. The lowest BCUT2D eigenvalue weighted by Gasteiger charge is -2.27. The van der Waals surface area contributed by atoms with Gasteiger partial charge in [-0.15, -0.1) is 0 Å². The molecule has 0 bridgehead atoms. The molecule has 4 aromatic rings. The monoisotopic (exact) mass is 439 g/mol. The van der Waals surface area contributed by atoms with Gasteiger partial charge in [-0.3, -0.25) is 19.7 Å². The second kappa shape index (κ2) is 8.14. The van der Waals surface area contributed by atoms with Gasteiger partial charge in [-0.25, -0.2) is 4.98 Å². The molecule has 164 valence electrons. The maximum absolute atomic E-state index is 12.8. The van der Waals surface area contributed by atoms with Gasteiger partial charge in [0, 0.05) is 55.8 Å². The number of ether oxygens (including phenoxy) is 2. The molecule has 0 unspecified atom stereocenters. The zero-order chi connectivity index (χ0) is 22.2. The minimum absolute atomic E-state index is 0.0761. The highest BCUT2D eigenvalue weighted by molar-refractivity contribution is 5.64. The van der Waals surface area contributed by atoms with Crippen LogP contribution in [0.2, 0.25) is 0 Å². The van der Waals surface area contributed by atoms with Crippen molar-refractivity contribution in [3.63, 3.8) is 0 Å². The van der Waals surface area contributed by atoms with Crippen LogP contribution in [0.25, 0.3) is 22.6 Å². The second-order valence-electron chi connectivity index (χ2n) is 8.16. The number of H-pyrrole nitrogens is 1. The van der Waals surface area contributed by atoms with E-state index in [9.17, 15) is 4.79 Å². The summed E-state index contributed by atoms with van der Waals surface area (Å²) in [7, 11) is 0. The van der Waals surface area contributed by atoms with E-state index < -0.39 is 0 Å². The van der Waals surface area contributed by atoms with Crippen LogP contribution < -0.4 is 15.0 Å². The fraction of sp³-hybridized carbons (Fsp3) is 0.200. The maximum atomic E-state index is 12.8. The Morgan fingerprint density at radius 2 is 1.88 bits per heavy atom. The van der Waals surface area contributed by atoms with Crippen LogP contribution in [0.4, 0.5) is 0 Å². The summed E-state index contributed by atoms with van der Waals surface area (Å²) < 4.78 is 10.8. The number of rotatable bonds is 4. The number of pyridine rings is 2. The van der Waals surface area contributed by atoms with Gasteiger partial charge in [0.15, 0.2) is 11.5 Å². The van der Waals surface area contributed by atoms with Gasteiger partial charge >= 0.3 is 0 Å². The van der Waals surface area contributed by atoms with Gasteiger partial charge in [0.2, 0.25) is 6.79 Å². The SMILES string of the molecule is O=c1[nH]c(-c2ccncc2)nc2c1CN(Cc1ccc(-c3ccc4c(c3)OCO4)nc1)CC2. The molecule has 3 aromatic heterocycles. The maximum Gasteiger partial charge on any atom is 0.255 e. The highest BCUT2D eigenvalue weighted by Crippen LogP contribution is 2.35. The average molecular weight is 439 g/mol. The average Bonchev–Trinajstić information content (AvgIpc) is 3.33. The van der Waals surface area contributed by atoms with E-state index in [1.54, 1.807) is 12.4 Å². The minimum atomic E-state index is -0.0761. The van der Waals surface area contributed by atoms with E-state index in [1.807, 2.05) is 42.6 Å². The van der Waals surface area contributed by atoms with Crippen LogP contribution >= 0.6 is 0 Å². The Bertz CT molecular complexity index is 1370. The topological polar surface area (TPSA) is 93.2 Å². The summed E-state index contributed by atoms with van der Waals surface area (Å²) in [6.07, 6.45) is 6.02. The third-order valence-electron chi connectivity index (χ3n) is 6.00. The Labute approximate surface area is 189 Å². The van der Waals surface area contributed by atoms with Crippen molar-refractivity contribution in [3.8, 4) is 34.1 Å². The standard InChI is InChI=1S/C25H21N5O3/c31-25-19-14-30(10-7-21(19)28-24(29-25)17-5-8-26-9-6-17)13-16-1-3-20(27-12-16)18-2-4-22-23(11-18)33-15-32-22/h1-6,8-9,11-12H,7,10,13-15H2,(H,28,29,31). The molecule has 8 nitrogen and oxygen atoms in total. The first-order chi connectivity index (χ1) is 16.2. The first-order valence-corrected chi connectivity index (χ1v) is 10.8. The van der Waals surface area contributed by atoms with Crippen LogP contribution in [0.1, 0.15) is 16.8 Å². The molecule has 2 aliphatic heterocycles. The van der Waals surface area contributed by atoms with E-state index in [0.29, 0.717) is 12.4 Å². The molecule has 6 rings (SSSR count). The summed E-state index contributed by atoms with van der Waals surface area (Å²) in [6, 6.07) is 13.6. The molecule has 2 aliphatic rings. The number of hydrogen-bond donors (Lipinski definition) is 1. The lowest BCUT2D eigenvalue weighted by Crippen LogP contribution is -2.35. The van der Waals surface area contributed by atoms with Crippen molar-refractivity contribution in [3.05, 3.63) is 88.2 Å².